The average molecular weight is 787 g/mol. The van der Waals surface area contributed by atoms with Crippen molar-refractivity contribution in [1.29, 1.82) is 0 Å². The first-order valence-electron chi connectivity index (χ1n) is 18.8. The number of nitrogens with zero attached hydrogens (tertiary/aromatic N) is 3. The van der Waals surface area contributed by atoms with E-state index in [4.69, 9.17) is 42.4 Å². The van der Waals surface area contributed by atoms with Gasteiger partial charge in [0.1, 0.15) is 17.2 Å². The average Bonchev–Trinajstić information content (AvgIpc) is 3.67. The number of aliphatic carboxylic acids is 1. The molecular weight excluding hydrogens is 741 g/mol. The number of aromatic nitrogens is 2. The summed E-state index contributed by atoms with van der Waals surface area (Å²) in [5.74, 6) is 0.942. The third-order valence-electron chi connectivity index (χ3n) is 12.1. The van der Waals surface area contributed by atoms with Crippen LogP contribution in [-0.2, 0) is 29.1 Å². The lowest BCUT2D eigenvalue weighted by atomic mass is 9.94. The van der Waals surface area contributed by atoms with E-state index in [0.717, 1.165) is 58.2 Å². The molecule has 5 atom stereocenters. The summed E-state index contributed by atoms with van der Waals surface area (Å²) in [6.45, 7) is 6.61. The van der Waals surface area contributed by atoms with Gasteiger partial charge in [-0.15, -0.1) is 0 Å². The van der Waals surface area contributed by atoms with Crippen molar-refractivity contribution in [3.05, 3.63) is 86.9 Å². The Hall–Kier alpha value is -4.42. The summed E-state index contributed by atoms with van der Waals surface area (Å²) in [7, 11) is 3.16. The van der Waals surface area contributed by atoms with Gasteiger partial charge < -0.3 is 30.0 Å². The van der Waals surface area contributed by atoms with Crippen LogP contribution in [0, 0.1) is 17.3 Å². The molecule has 3 fully saturated rings. The van der Waals surface area contributed by atoms with Crippen molar-refractivity contribution in [3.8, 4) is 40.0 Å². The molecule has 2 aliphatic carbocycles. The molecule has 0 radical (unpaired) electrons. The number of rotatable bonds is 13. The van der Waals surface area contributed by atoms with Gasteiger partial charge in [0, 0.05) is 60.9 Å². The van der Waals surface area contributed by atoms with Crippen molar-refractivity contribution in [2.45, 2.75) is 70.8 Å². The van der Waals surface area contributed by atoms with Crippen LogP contribution in [-0.4, -0.2) is 71.2 Å². The second-order valence-corrected chi connectivity index (χ2v) is 16.4. The normalized spacial score (nSPS) is 23.6. The molecule has 4 aromatic rings. The van der Waals surface area contributed by atoms with Crippen LogP contribution in [0.1, 0.15) is 61.5 Å². The number of amides is 1. The first-order chi connectivity index (χ1) is 26.5. The van der Waals surface area contributed by atoms with Gasteiger partial charge in [-0.1, -0.05) is 79.5 Å². The van der Waals surface area contributed by atoms with Crippen molar-refractivity contribution < 1.29 is 28.9 Å². The van der Waals surface area contributed by atoms with Gasteiger partial charge in [0.2, 0.25) is 23.5 Å². The lowest BCUT2D eigenvalue weighted by Crippen LogP contribution is -2.41. The van der Waals surface area contributed by atoms with Crippen LogP contribution in [0.25, 0.3) is 22.4 Å². The maximum absolute atomic E-state index is 12.3. The molecule has 1 saturated carbocycles. The molecule has 8 rings (SSSR count). The van der Waals surface area contributed by atoms with Gasteiger partial charge in [-0.05, 0) is 65.3 Å². The largest absolute Gasteiger partial charge is 0.481 e. The van der Waals surface area contributed by atoms with Crippen LogP contribution in [0.15, 0.2) is 54.6 Å². The molecule has 2 aromatic carbocycles. The minimum absolute atomic E-state index is 0.0385. The van der Waals surface area contributed by atoms with Gasteiger partial charge in [0.05, 0.1) is 24.9 Å². The van der Waals surface area contributed by atoms with Gasteiger partial charge in [-0.25, -0.2) is 4.98 Å². The summed E-state index contributed by atoms with van der Waals surface area (Å²) in [6.07, 6.45) is 2.60. The Kier molecular flexibility index (Phi) is 10.2. The number of carbonyl (C=O) groups is 2. The number of hydrogen-bond acceptors (Lipinski definition) is 9. The number of carbonyl (C=O) groups excluding carboxylic acids is 1. The van der Waals surface area contributed by atoms with E-state index in [1.165, 1.54) is 0 Å². The number of fused-ring (bicyclic) bond motifs is 2. The number of carboxylic acid groups (broad SMARTS) is 1. The zero-order valence-corrected chi connectivity index (χ0v) is 32.8. The van der Waals surface area contributed by atoms with E-state index >= 15 is 0 Å². The fraction of sp³-hybridized carbons (Fsp3) is 0.429. The third-order valence-corrected chi connectivity index (χ3v) is 12.7. The van der Waals surface area contributed by atoms with E-state index in [-0.39, 0.29) is 35.3 Å². The molecule has 0 bridgehead atoms. The first kappa shape index (κ1) is 37.5. The second-order valence-electron chi connectivity index (χ2n) is 15.6. The fourth-order valence-electron chi connectivity index (χ4n) is 9.12. The van der Waals surface area contributed by atoms with E-state index in [1.807, 2.05) is 41.3 Å². The number of nitrogens with one attached hydrogen (secondary N) is 2. The van der Waals surface area contributed by atoms with Gasteiger partial charge in [0.15, 0.2) is 0 Å². The van der Waals surface area contributed by atoms with E-state index < -0.39 is 12.0 Å². The molecule has 1 amide bonds. The lowest BCUT2D eigenvalue weighted by Gasteiger charge is -2.28. The number of likely N-dealkylation sites (tertiary alicyclic amines) is 1. The fourth-order valence-corrected chi connectivity index (χ4v) is 9.66. The Morgan fingerprint density at radius 2 is 1.71 bits per heavy atom. The number of piperidine rings is 1. The van der Waals surface area contributed by atoms with Crippen LogP contribution in [0.4, 0.5) is 0 Å². The zero-order chi connectivity index (χ0) is 38.6. The number of ether oxygens (including phenoxy) is 3. The molecule has 0 spiro atoms. The summed E-state index contributed by atoms with van der Waals surface area (Å²) in [5.41, 5.74) is 7.27. The molecule has 2 saturated heterocycles. The van der Waals surface area contributed by atoms with Gasteiger partial charge in [0.25, 0.3) is 0 Å². The molecule has 3 N–H and O–H groups in total. The predicted octanol–water partition coefficient (Wildman–Crippen LogP) is 7.11. The van der Waals surface area contributed by atoms with Crippen LogP contribution in [0.2, 0.25) is 10.0 Å². The highest BCUT2D eigenvalue weighted by molar-refractivity contribution is 6.36. The topological polar surface area (TPSA) is 135 Å². The number of pyridine rings is 2. The highest BCUT2D eigenvalue weighted by atomic mass is 35.5. The zero-order valence-electron chi connectivity index (χ0n) is 31.3. The van der Waals surface area contributed by atoms with E-state index in [2.05, 4.69) is 41.6 Å². The Morgan fingerprint density at radius 1 is 0.964 bits per heavy atom. The lowest BCUT2D eigenvalue weighted by molar-refractivity contribution is -0.144. The monoisotopic (exact) mass is 785 g/mol. The third kappa shape index (κ3) is 7.01. The standard InChI is InChI=1S/C42H45Cl2N5O6/c1-42(2)30-21-49(37(35(30)42)41(51)52)20-23-17-31(43)40(48-39(23)54-4)55-33-15-13-26-25(7-5-8-27(26)33)28-9-6-10-29(36(28)44)32-14-11-22(38(47-32)53-3)18-45-19-24-12-16-34(50)46-24/h5-11,14,17,24,30,33,35,37,45H,12-13,15-16,18-21H2,1-4H3,(H,46,50)(H,51,52)/t24-,30-,33-,35-,37-/m0/s1. The molecule has 288 valence electrons. The Bertz CT molecular complexity index is 2160. The molecule has 2 aliphatic heterocycles. The van der Waals surface area contributed by atoms with Crippen LogP contribution >= 0.6 is 23.2 Å². The highest BCUT2D eigenvalue weighted by Gasteiger charge is 2.68. The molecule has 4 heterocycles. The maximum atomic E-state index is 12.3. The molecule has 11 nitrogen and oxygen atoms in total. The summed E-state index contributed by atoms with van der Waals surface area (Å²) in [4.78, 5) is 35.3. The van der Waals surface area contributed by atoms with Gasteiger partial charge in [-0.3, -0.25) is 14.5 Å². The van der Waals surface area contributed by atoms with Crippen LogP contribution in [0.5, 0.6) is 17.6 Å². The summed E-state index contributed by atoms with van der Waals surface area (Å²) < 4.78 is 17.9. The number of halogens is 2. The van der Waals surface area contributed by atoms with E-state index in [1.54, 1.807) is 20.3 Å². The molecule has 4 aliphatic rings. The predicted molar refractivity (Wildman–Crippen MR) is 210 cm³/mol. The summed E-state index contributed by atoms with van der Waals surface area (Å²) >= 11 is 14.0. The number of hydrogen-bond donors (Lipinski definition) is 3. The SMILES string of the molecule is COc1nc(-c2cccc(-c3cccc4c3CC[C@@H]4Oc3nc(OC)c(CN4C[C@H]5[C@@H]([C@H]4C(=O)O)C5(C)C)cc3Cl)c2Cl)ccc1CNC[C@@H]1CCC(=O)N1. The molecule has 0 unspecified atom stereocenters. The highest BCUT2D eigenvalue weighted by Crippen LogP contribution is 2.65. The molecule has 13 heteroatoms. The quantitative estimate of drug-likeness (QED) is 0.129. The maximum Gasteiger partial charge on any atom is 0.321 e. The van der Waals surface area contributed by atoms with Crippen molar-refractivity contribution in [2.75, 3.05) is 27.3 Å². The minimum atomic E-state index is -0.799. The number of methoxy groups -OCH3 is 2. The van der Waals surface area contributed by atoms with Gasteiger partial charge >= 0.3 is 5.97 Å². The summed E-state index contributed by atoms with van der Waals surface area (Å²) in [6, 6.07) is 17.5. The van der Waals surface area contributed by atoms with Crippen LogP contribution in [0.3, 0.4) is 0 Å². The summed E-state index contributed by atoms with van der Waals surface area (Å²) in [5, 5.41) is 17.4. The number of carboxylic acids is 1. The Balaban J connectivity index is 0.994. The Morgan fingerprint density at radius 3 is 2.45 bits per heavy atom. The molecule has 2 aromatic heterocycles. The minimum Gasteiger partial charge on any atom is -0.481 e. The van der Waals surface area contributed by atoms with Crippen LogP contribution < -0.4 is 24.8 Å². The smallest absolute Gasteiger partial charge is 0.321 e. The van der Waals surface area contributed by atoms with Crippen molar-refractivity contribution in [2.24, 2.45) is 17.3 Å². The molecular formula is C42H45Cl2N5O6. The number of benzene rings is 2. The van der Waals surface area contributed by atoms with E-state index in [9.17, 15) is 14.7 Å². The van der Waals surface area contributed by atoms with Crippen molar-refractivity contribution in [1.82, 2.24) is 25.5 Å². The second kappa shape index (κ2) is 14.9. The Labute approximate surface area is 330 Å². The molecule has 55 heavy (non-hydrogen) atoms. The van der Waals surface area contributed by atoms with Crippen molar-refractivity contribution >= 4 is 35.1 Å². The van der Waals surface area contributed by atoms with E-state index in [0.29, 0.717) is 66.0 Å². The van der Waals surface area contributed by atoms with Gasteiger partial charge in [-0.2, -0.15) is 4.98 Å². The van der Waals surface area contributed by atoms with Crippen molar-refractivity contribution in [3.63, 3.8) is 0 Å². The first-order valence-corrected chi connectivity index (χ1v) is 19.6.